The molecule has 1 fully saturated rings. The number of nitrogens with one attached hydrogen (secondary N) is 1. The number of hydrogen-bond donors (Lipinski definition) is 2. The van der Waals surface area contributed by atoms with Crippen LogP contribution in [0.4, 0.5) is 0 Å². The maximum absolute atomic E-state index is 12.6. The van der Waals surface area contributed by atoms with E-state index in [0.717, 1.165) is 0 Å². The van der Waals surface area contributed by atoms with Gasteiger partial charge in [-0.1, -0.05) is 30.3 Å². The maximum atomic E-state index is 12.6. The minimum atomic E-state index is -3.51. The van der Waals surface area contributed by atoms with Crippen LogP contribution in [0.5, 0.6) is 0 Å². The van der Waals surface area contributed by atoms with Crippen molar-refractivity contribution in [3.05, 3.63) is 35.9 Å². The molecule has 1 saturated heterocycles. The Hall–Kier alpha value is -1.93. The largest absolute Gasteiger partial charge is 0.480 e. The Morgan fingerprint density at radius 3 is 2.62 bits per heavy atom. The van der Waals surface area contributed by atoms with Crippen molar-refractivity contribution < 1.29 is 23.1 Å². The summed E-state index contributed by atoms with van der Waals surface area (Å²) >= 11 is 0. The molecule has 7 nitrogen and oxygen atoms in total. The minimum absolute atomic E-state index is 0.0906. The van der Waals surface area contributed by atoms with Gasteiger partial charge in [-0.05, 0) is 25.3 Å². The van der Waals surface area contributed by atoms with Crippen molar-refractivity contribution in [1.82, 2.24) is 9.62 Å². The standard InChI is InChI=1S/C16H22N2O5S/c1-12(16(20)21)17-15(19)14-8-5-9-18(10-14)24(22,23)11-13-6-3-2-4-7-13/h2-4,6-7,12,14H,5,8-11H2,1H3,(H,17,19)(H,20,21). The van der Waals surface area contributed by atoms with Gasteiger partial charge in [0.25, 0.3) is 0 Å². The number of sulfonamides is 1. The van der Waals surface area contributed by atoms with Crippen molar-refractivity contribution in [2.24, 2.45) is 5.92 Å². The van der Waals surface area contributed by atoms with Crippen molar-refractivity contribution in [2.45, 2.75) is 31.6 Å². The Morgan fingerprint density at radius 1 is 1.33 bits per heavy atom. The van der Waals surface area contributed by atoms with E-state index in [1.54, 1.807) is 24.3 Å². The molecule has 1 heterocycles. The first-order valence-corrected chi connectivity index (χ1v) is 9.45. The number of aliphatic carboxylic acids is 1. The fourth-order valence-corrected chi connectivity index (χ4v) is 4.29. The quantitative estimate of drug-likeness (QED) is 0.787. The molecule has 0 bridgehead atoms. The van der Waals surface area contributed by atoms with E-state index in [-0.39, 0.29) is 12.3 Å². The predicted molar refractivity (Wildman–Crippen MR) is 88.6 cm³/mol. The molecular weight excluding hydrogens is 332 g/mol. The summed E-state index contributed by atoms with van der Waals surface area (Å²) in [6.07, 6.45) is 1.13. The third-order valence-corrected chi connectivity index (χ3v) is 5.89. The fraction of sp³-hybridized carbons (Fsp3) is 0.500. The molecule has 2 rings (SSSR count). The molecule has 2 atom stereocenters. The van der Waals surface area contributed by atoms with E-state index in [0.29, 0.717) is 24.9 Å². The highest BCUT2D eigenvalue weighted by atomic mass is 32.2. The highest BCUT2D eigenvalue weighted by Crippen LogP contribution is 2.21. The highest BCUT2D eigenvalue weighted by Gasteiger charge is 2.33. The lowest BCUT2D eigenvalue weighted by atomic mass is 9.98. The molecule has 0 aliphatic carbocycles. The van der Waals surface area contributed by atoms with Gasteiger partial charge in [-0.15, -0.1) is 0 Å². The van der Waals surface area contributed by atoms with Crippen molar-refractivity contribution in [2.75, 3.05) is 13.1 Å². The number of amides is 1. The molecule has 2 N–H and O–H groups in total. The third-order valence-electron chi connectivity index (χ3n) is 4.07. The van der Waals surface area contributed by atoms with E-state index >= 15 is 0 Å². The van der Waals surface area contributed by atoms with Gasteiger partial charge in [-0.2, -0.15) is 0 Å². The van der Waals surface area contributed by atoms with E-state index < -0.39 is 33.9 Å². The van der Waals surface area contributed by atoms with Crippen LogP contribution in [0.1, 0.15) is 25.3 Å². The van der Waals surface area contributed by atoms with Crippen LogP contribution in [-0.2, 0) is 25.4 Å². The van der Waals surface area contributed by atoms with Gasteiger partial charge in [0.05, 0.1) is 11.7 Å². The number of rotatable bonds is 6. The number of nitrogens with zero attached hydrogens (tertiary/aromatic N) is 1. The molecule has 0 aromatic heterocycles. The van der Waals surface area contributed by atoms with Crippen LogP contribution in [0.3, 0.4) is 0 Å². The summed E-state index contributed by atoms with van der Waals surface area (Å²) in [4.78, 5) is 23.0. The summed E-state index contributed by atoms with van der Waals surface area (Å²) in [7, 11) is -3.51. The molecule has 1 aliphatic rings. The molecule has 24 heavy (non-hydrogen) atoms. The van der Waals surface area contributed by atoms with E-state index in [1.807, 2.05) is 6.07 Å². The normalized spacial score (nSPS) is 20.3. The number of piperidine rings is 1. The first-order chi connectivity index (χ1) is 11.3. The molecule has 0 saturated carbocycles. The maximum Gasteiger partial charge on any atom is 0.325 e. The molecule has 132 valence electrons. The zero-order valence-corrected chi connectivity index (χ0v) is 14.3. The highest BCUT2D eigenvalue weighted by molar-refractivity contribution is 7.88. The first-order valence-electron chi connectivity index (χ1n) is 7.84. The lowest BCUT2D eigenvalue weighted by molar-refractivity contribution is -0.142. The molecule has 1 amide bonds. The molecule has 1 aromatic rings. The van der Waals surface area contributed by atoms with E-state index in [9.17, 15) is 18.0 Å². The molecule has 0 radical (unpaired) electrons. The van der Waals surface area contributed by atoms with Gasteiger partial charge >= 0.3 is 5.97 Å². The molecular formula is C16H22N2O5S. The van der Waals surface area contributed by atoms with Crippen LogP contribution in [0.15, 0.2) is 30.3 Å². The second-order valence-corrected chi connectivity index (χ2v) is 7.98. The Balaban J connectivity index is 2.01. The van der Waals surface area contributed by atoms with Crippen LogP contribution >= 0.6 is 0 Å². The Kier molecular flexibility index (Phi) is 5.95. The van der Waals surface area contributed by atoms with E-state index in [4.69, 9.17) is 5.11 Å². The van der Waals surface area contributed by atoms with Gasteiger partial charge in [-0.25, -0.2) is 12.7 Å². The average Bonchev–Trinajstić information content (AvgIpc) is 2.55. The summed E-state index contributed by atoms with van der Waals surface area (Å²) in [6.45, 7) is 1.85. The van der Waals surface area contributed by atoms with Crippen LogP contribution in [0.2, 0.25) is 0 Å². The number of benzene rings is 1. The SMILES string of the molecule is CC(NC(=O)C1CCCN(S(=O)(=O)Cc2ccccc2)C1)C(=O)O. The van der Waals surface area contributed by atoms with Gasteiger partial charge in [0, 0.05) is 13.1 Å². The number of carboxylic acid groups (broad SMARTS) is 1. The Morgan fingerprint density at radius 2 is 2.00 bits per heavy atom. The van der Waals surface area contributed by atoms with Gasteiger partial charge < -0.3 is 10.4 Å². The summed E-state index contributed by atoms with van der Waals surface area (Å²) in [5, 5.41) is 11.3. The zero-order valence-electron chi connectivity index (χ0n) is 13.5. The summed E-state index contributed by atoms with van der Waals surface area (Å²) in [5.41, 5.74) is 0.698. The smallest absolute Gasteiger partial charge is 0.325 e. The second kappa shape index (κ2) is 7.76. The van der Waals surface area contributed by atoms with Crippen LogP contribution in [-0.4, -0.2) is 48.8 Å². The summed E-state index contributed by atoms with van der Waals surface area (Å²) in [5.74, 6) is -2.16. The predicted octanol–water partition coefficient (Wildman–Crippen LogP) is 0.818. The lowest BCUT2D eigenvalue weighted by Crippen LogP contribution is -2.48. The van der Waals surface area contributed by atoms with Crippen molar-refractivity contribution >= 4 is 21.9 Å². The van der Waals surface area contributed by atoms with E-state index in [2.05, 4.69) is 5.32 Å². The van der Waals surface area contributed by atoms with Crippen LogP contribution < -0.4 is 5.32 Å². The van der Waals surface area contributed by atoms with Crippen LogP contribution in [0, 0.1) is 5.92 Å². The monoisotopic (exact) mass is 354 g/mol. The van der Waals surface area contributed by atoms with Crippen LogP contribution in [0.25, 0.3) is 0 Å². The fourth-order valence-electron chi connectivity index (χ4n) is 2.68. The second-order valence-electron chi connectivity index (χ2n) is 6.01. The van der Waals surface area contributed by atoms with E-state index in [1.165, 1.54) is 11.2 Å². The van der Waals surface area contributed by atoms with Crippen molar-refractivity contribution in [3.8, 4) is 0 Å². The van der Waals surface area contributed by atoms with Crippen molar-refractivity contribution in [3.63, 3.8) is 0 Å². The number of hydrogen-bond acceptors (Lipinski definition) is 4. The number of carbonyl (C=O) groups is 2. The van der Waals surface area contributed by atoms with Gasteiger partial charge in [-0.3, -0.25) is 9.59 Å². The third kappa shape index (κ3) is 4.78. The molecule has 8 heteroatoms. The van der Waals surface area contributed by atoms with Gasteiger partial charge in [0.2, 0.25) is 15.9 Å². The Labute approximate surface area is 141 Å². The van der Waals surface area contributed by atoms with Gasteiger partial charge in [0.1, 0.15) is 6.04 Å². The lowest BCUT2D eigenvalue weighted by Gasteiger charge is -2.31. The zero-order chi connectivity index (χ0) is 17.7. The molecule has 2 unspecified atom stereocenters. The molecule has 0 spiro atoms. The first kappa shape index (κ1) is 18.4. The average molecular weight is 354 g/mol. The Bertz CT molecular complexity index is 690. The number of carbonyl (C=O) groups excluding carboxylic acids is 1. The summed E-state index contributed by atoms with van der Waals surface area (Å²) in [6, 6.07) is 7.89. The summed E-state index contributed by atoms with van der Waals surface area (Å²) < 4.78 is 26.4. The topological polar surface area (TPSA) is 104 Å². The van der Waals surface area contributed by atoms with Crippen molar-refractivity contribution in [1.29, 1.82) is 0 Å². The number of carboxylic acids is 1. The molecule has 1 aromatic carbocycles. The van der Waals surface area contributed by atoms with Gasteiger partial charge in [0.15, 0.2) is 0 Å². The molecule has 1 aliphatic heterocycles. The minimum Gasteiger partial charge on any atom is -0.480 e.